The highest BCUT2D eigenvalue weighted by molar-refractivity contribution is 6.21. The lowest BCUT2D eigenvalue weighted by Gasteiger charge is -2.13. The minimum Gasteiger partial charge on any atom is -0.317 e. The summed E-state index contributed by atoms with van der Waals surface area (Å²) in [4.78, 5) is 10.5. The van der Waals surface area contributed by atoms with Crippen LogP contribution in [0, 0.1) is 0 Å². The van der Waals surface area contributed by atoms with E-state index < -0.39 is 0 Å². The van der Waals surface area contributed by atoms with Crippen molar-refractivity contribution in [2.75, 3.05) is 0 Å². The molecule has 0 aliphatic rings. The second kappa shape index (κ2) is 9.79. The van der Waals surface area contributed by atoms with Crippen LogP contribution in [0.3, 0.4) is 0 Å². The molecule has 0 unspecified atom stereocenters. The average molecular weight is 563 g/mol. The second-order valence-corrected chi connectivity index (χ2v) is 11.1. The summed E-state index contributed by atoms with van der Waals surface area (Å²) in [5.74, 6) is 0.664. The van der Waals surface area contributed by atoms with Gasteiger partial charge in [0, 0.05) is 39.0 Å². The molecular formula is C40H26N4. The van der Waals surface area contributed by atoms with E-state index in [0.29, 0.717) is 5.95 Å². The molecule has 0 saturated carbocycles. The number of aromatic nitrogens is 4. The summed E-state index contributed by atoms with van der Waals surface area (Å²) < 4.78 is 4.48. The summed E-state index contributed by atoms with van der Waals surface area (Å²) in [6, 6.07) is 53.2. The van der Waals surface area contributed by atoms with Gasteiger partial charge in [0.15, 0.2) is 0 Å². The summed E-state index contributed by atoms with van der Waals surface area (Å²) in [6.07, 6.45) is 2.16. The molecule has 4 nitrogen and oxygen atoms in total. The van der Waals surface area contributed by atoms with Gasteiger partial charge in [-0.3, -0.25) is 4.57 Å². The quantitative estimate of drug-likeness (QED) is 0.214. The van der Waals surface area contributed by atoms with Crippen molar-refractivity contribution in [3.63, 3.8) is 0 Å². The third-order valence-electron chi connectivity index (χ3n) is 8.57. The molecule has 0 atom stereocenters. The maximum atomic E-state index is 5.33. The summed E-state index contributed by atoms with van der Waals surface area (Å²) in [5.41, 5.74) is 9.73. The van der Waals surface area contributed by atoms with Gasteiger partial charge in [-0.25, -0.2) is 9.97 Å². The number of rotatable bonds is 4. The van der Waals surface area contributed by atoms with Crippen LogP contribution in [0.5, 0.6) is 0 Å². The van der Waals surface area contributed by atoms with Gasteiger partial charge in [0.1, 0.15) is 0 Å². The number of nitrogens with zero attached hydrogens (tertiary/aromatic N) is 4. The monoisotopic (exact) mass is 562 g/mol. The topological polar surface area (TPSA) is 35.6 Å². The maximum Gasteiger partial charge on any atom is 0.235 e. The first kappa shape index (κ1) is 24.6. The first-order valence-electron chi connectivity index (χ1n) is 14.9. The van der Waals surface area contributed by atoms with Crippen molar-refractivity contribution in [3.05, 3.63) is 158 Å². The average Bonchev–Trinajstić information content (AvgIpc) is 3.68. The van der Waals surface area contributed by atoms with Crippen LogP contribution in [0.25, 0.3) is 77.6 Å². The van der Waals surface area contributed by atoms with Crippen molar-refractivity contribution >= 4 is 43.6 Å². The molecule has 0 fully saturated rings. The highest BCUT2D eigenvalue weighted by atomic mass is 15.2. The third-order valence-corrected chi connectivity index (χ3v) is 8.57. The molecule has 9 rings (SSSR count). The molecule has 0 aliphatic heterocycles. The molecule has 0 saturated heterocycles. The van der Waals surface area contributed by atoms with Gasteiger partial charge in [-0.1, -0.05) is 103 Å². The Morgan fingerprint density at radius 1 is 0.432 bits per heavy atom. The Labute approximate surface area is 254 Å². The maximum absolute atomic E-state index is 5.33. The van der Waals surface area contributed by atoms with Gasteiger partial charge < -0.3 is 4.57 Å². The fraction of sp³-hybridized carbons (Fsp3) is 0. The van der Waals surface area contributed by atoms with Crippen LogP contribution in [0.4, 0.5) is 0 Å². The lowest BCUT2D eigenvalue weighted by Crippen LogP contribution is -2.03. The Balaban J connectivity index is 1.31. The third kappa shape index (κ3) is 3.78. The van der Waals surface area contributed by atoms with Crippen molar-refractivity contribution < 1.29 is 0 Å². The van der Waals surface area contributed by atoms with Gasteiger partial charge in [0.05, 0.1) is 27.8 Å². The SMILES string of the molecule is c1ccc(-c2cccc(-c3nc(-n4c5ccccc5c5c6ccn(-c7ccccc7)c6ccc54)nc4ccccc34)c2)cc1. The molecule has 6 aromatic carbocycles. The van der Waals surface area contributed by atoms with E-state index in [1.807, 2.05) is 12.1 Å². The van der Waals surface area contributed by atoms with E-state index in [4.69, 9.17) is 9.97 Å². The largest absolute Gasteiger partial charge is 0.317 e. The molecule has 44 heavy (non-hydrogen) atoms. The molecule has 206 valence electrons. The van der Waals surface area contributed by atoms with Gasteiger partial charge in [-0.15, -0.1) is 0 Å². The van der Waals surface area contributed by atoms with E-state index in [2.05, 4.69) is 155 Å². The molecule has 3 aromatic heterocycles. The Morgan fingerprint density at radius 3 is 1.95 bits per heavy atom. The summed E-state index contributed by atoms with van der Waals surface area (Å²) in [6.45, 7) is 0. The molecule has 0 N–H and O–H groups in total. The Bertz CT molecular complexity index is 2490. The van der Waals surface area contributed by atoms with Gasteiger partial charge in [0.25, 0.3) is 0 Å². The van der Waals surface area contributed by atoms with E-state index in [9.17, 15) is 0 Å². The van der Waals surface area contributed by atoms with Gasteiger partial charge in [-0.2, -0.15) is 0 Å². The van der Waals surface area contributed by atoms with Crippen LogP contribution in [-0.2, 0) is 0 Å². The lowest BCUT2D eigenvalue weighted by atomic mass is 10.00. The van der Waals surface area contributed by atoms with Crippen LogP contribution >= 0.6 is 0 Å². The minimum atomic E-state index is 0.664. The molecule has 3 heterocycles. The number of hydrogen-bond acceptors (Lipinski definition) is 2. The van der Waals surface area contributed by atoms with Crippen LogP contribution in [-0.4, -0.2) is 19.1 Å². The summed E-state index contributed by atoms with van der Waals surface area (Å²) in [5, 5.41) is 4.63. The van der Waals surface area contributed by atoms with Crippen LogP contribution < -0.4 is 0 Å². The Kier molecular flexibility index (Phi) is 5.47. The van der Waals surface area contributed by atoms with Crippen molar-refractivity contribution in [3.8, 4) is 34.0 Å². The van der Waals surface area contributed by atoms with E-state index >= 15 is 0 Å². The number of hydrogen-bond donors (Lipinski definition) is 0. The zero-order valence-corrected chi connectivity index (χ0v) is 23.8. The standard InChI is InChI=1S/C40H26N4/c1-3-12-27(13-4-1)28-14-11-15-29(26-28)39-31-18-7-9-20-34(31)41-40(42-39)44-36-21-10-8-19-32(36)38-33-24-25-43(30-16-5-2-6-17-30)35(33)22-23-37(38)44/h1-26H. The van der Waals surface area contributed by atoms with E-state index in [1.54, 1.807) is 0 Å². The molecule has 0 bridgehead atoms. The number of para-hydroxylation sites is 3. The number of fused-ring (bicyclic) bond motifs is 6. The Morgan fingerprint density at radius 2 is 1.09 bits per heavy atom. The van der Waals surface area contributed by atoms with Crippen LogP contribution in [0.1, 0.15) is 0 Å². The van der Waals surface area contributed by atoms with E-state index in [1.165, 1.54) is 27.2 Å². The van der Waals surface area contributed by atoms with Crippen molar-refractivity contribution in [2.24, 2.45) is 0 Å². The minimum absolute atomic E-state index is 0.664. The fourth-order valence-corrected chi connectivity index (χ4v) is 6.57. The van der Waals surface area contributed by atoms with Crippen LogP contribution in [0.2, 0.25) is 0 Å². The van der Waals surface area contributed by atoms with Crippen LogP contribution in [0.15, 0.2) is 158 Å². The van der Waals surface area contributed by atoms with Gasteiger partial charge >= 0.3 is 0 Å². The Hall–Kier alpha value is -6.00. The highest BCUT2D eigenvalue weighted by Gasteiger charge is 2.19. The van der Waals surface area contributed by atoms with E-state index in [0.717, 1.165) is 44.4 Å². The zero-order valence-electron chi connectivity index (χ0n) is 23.8. The normalized spacial score (nSPS) is 11.6. The zero-order chi connectivity index (χ0) is 29.0. The van der Waals surface area contributed by atoms with Crippen molar-refractivity contribution in [1.29, 1.82) is 0 Å². The highest BCUT2D eigenvalue weighted by Crippen LogP contribution is 2.38. The molecule has 0 aliphatic carbocycles. The molecule has 0 amide bonds. The number of benzene rings is 6. The molecule has 0 spiro atoms. The second-order valence-electron chi connectivity index (χ2n) is 11.1. The smallest absolute Gasteiger partial charge is 0.235 e. The van der Waals surface area contributed by atoms with Crippen molar-refractivity contribution in [2.45, 2.75) is 0 Å². The van der Waals surface area contributed by atoms with E-state index in [-0.39, 0.29) is 0 Å². The molecule has 9 aromatic rings. The predicted octanol–water partition coefficient (Wildman–Crippen LogP) is 10.0. The molecule has 4 heteroatoms. The summed E-state index contributed by atoms with van der Waals surface area (Å²) in [7, 11) is 0. The predicted molar refractivity (Wildman–Crippen MR) is 182 cm³/mol. The first-order chi connectivity index (χ1) is 21.8. The van der Waals surface area contributed by atoms with Gasteiger partial charge in [-0.05, 0) is 59.7 Å². The van der Waals surface area contributed by atoms with Crippen molar-refractivity contribution in [1.82, 2.24) is 19.1 Å². The summed E-state index contributed by atoms with van der Waals surface area (Å²) >= 11 is 0. The molecular weight excluding hydrogens is 536 g/mol. The van der Waals surface area contributed by atoms with Gasteiger partial charge in [0.2, 0.25) is 5.95 Å². The fourth-order valence-electron chi connectivity index (χ4n) is 6.57. The first-order valence-corrected chi connectivity index (χ1v) is 14.9. The molecule has 0 radical (unpaired) electrons. The lowest BCUT2D eigenvalue weighted by molar-refractivity contribution is 1.01.